The van der Waals surface area contributed by atoms with Gasteiger partial charge in [0.15, 0.2) is 5.65 Å². The highest BCUT2D eigenvalue weighted by Gasteiger charge is 2.32. The molecule has 7 heteroatoms. The smallest absolute Gasteiger partial charge is 0.255 e. The highest BCUT2D eigenvalue weighted by molar-refractivity contribution is 5.96. The van der Waals surface area contributed by atoms with E-state index in [-0.39, 0.29) is 5.91 Å². The first-order chi connectivity index (χ1) is 12.8. The minimum atomic E-state index is 0.0556. The van der Waals surface area contributed by atoms with Crippen molar-refractivity contribution in [2.45, 2.75) is 37.8 Å². The molecule has 4 heterocycles. The molecule has 1 unspecified atom stereocenters. The van der Waals surface area contributed by atoms with E-state index in [2.05, 4.69) is 19.4 Å². The van der Waals surface area contributed by atoms with Crippen LogP contribution < -0.4 is 0 Å². The van der Waals surface area contributed by atoms with Crippen LogP contribution in [0.25, 0.3) is 11.2 Å². The quantitative estimate of drug-likeness (QED) is 0.821. The molecule has 1 amide bonds. The van der Waals surface area contributed by atoms with Gasteiger partial charge in [0.2, 0.25) is 0 Å². The molecule has 2 aromatic rings. The van der Waals surface area contributed by atoms with E-state index in [9.17, 15) is 4.79 Å². The molecule has 3 fully saturated rings. The average molecular weight is 355 g/mol. The molecule has 1 atom stereocenters. The molecule has 5 rings (SSSR count). The van der Waals surface area contributed by atoms with Gasteiger partial charge in [0.05, 0.1) is 31.1 Å². The first-order valence-corrected chi connectivity index (χ1v) is 9.73. The number of carbonyl (C=O) groups excluding carboxylic acids is 1. The van der Waals surface area contributed by atoms with Crippen molar-refractivity contribution >= 4 is 17.1 Å². The summed E-state index contributed by atoms with van der Waals surface area (Å²) >= 11 is 0. The van der Waals surface area contributed by atoms with E-state index >= 15 is 0 Å². The third-order valence-electron chi connectivity index (χ3n) is 6.10. The van der Waals surface area contributed by atoms with Crippen LogP contribution in [-0.2, 0) is 4.74 Å². The molecule has 0 bridgehead atoms. The van der Waals surface area contributed by atoms with Gasteiger partial charge in [-0.15, -0.1) is 0 Å². The van der Waals surface area contributed by atoms with Crippen LogP contribution in [0.3, 0.4) is 0 Å². The van der Waals surface area contributed by atoms with Gasteiger partial charge < -0.3 is 14.2 Å². The van der Waals surface area contributed by atoms with Crippen LogP contribution in [0.2, 0.25) is 0 Å². The molecule has 1 aliphatic carbocycles. The SMILES string of the molecule is O=C(c1cnc2c(c1)ncn2C1CCCC1)N1CCN2CCOCC2C1. The minimum absolute atomic E-state index is 0.0556. The van der Waals surface area contributed by atoms with E-state index < -0.39 is 0 Å². The summed E-state index contributed by atoms with van der Waals surface area (Å²) in [7, 11) is 0. The molecule has 0 radical (unpaired) electrons. The van der Waals surface area contributed by atoms with E-state index in [4.69, 9.17) is 4.74 Å². The molecule has 3 aliphatic rings. The molecule has 0 spiro atoms. The van der Waals surface area contributed by atoms with Crippen molar-refractivity contribution < 1.29 is 9.53 Å². The fourth-order valence-electron chi connectivity index (χ4n) is 4.60. The number of ether oxygens (including phenoxy) is 1. The van der Waals surface area contributed by atoms with Crippen LogP contribution in [0.5, 0.6) is 0 Å². The van der Waals surface area contributed by atoms with Gasteiger partial charge in [-0.2, -0.15) is 0 Å². The van der Waals surface area contributed by atoms with Gasteiger partial charge in [-0.05, 0) is 18.9 Å². The Kier molecular flexibility index (Phi) is 4.13. The summed E-state index contributed by atoms with van der Waals surface area (Å²) in [5.74, 6) is 0.0556. The predicted octanol–water partition coefficient (Wildman–Crippen LogP) is 1.70. The summed E-state index contributed by atoms with van der Waals surface area (Å²) in [4.78, 5) is 26.5. The average Bonchev–Trinajstić information content (AvgIpc) is 3.35. The highest BCUT2D eigenvalue weighted by Crippen LogP contribution is 2.31. The lowest BCUT2D eigenvalue weighted by Crippen LogP contribution is -2.59. The fourth-order valence-corrected chi connectivity index (χ4v) is 4.60. The lowest BCUT2D eigenvalue weighted by molar-refractivity contribution is -0.0395. The van der Waals surface area contributed by atoms with Crippen molar-refractivity contribution in [3.8, 4) is 0 Å². The number of morpholine rings is 1. The Labute approximate surface area is 152 Å². The molecular weight excluding hydrogens is 330 g/mol. The van der Waals surface area contributed by atoms with Gasteiger partial charge in [-0.25, -0.2) is 9.97 Å². The Morgan fingerprint density at radius 1 is 1.12 bits per heavy atom. The van der Waals surface area contributed by atoms with Crippen LogP contribution >= 0.6 is 0 Å². The first-order valence-electron chi connectivity index (χ1n) is 9.73. The second kappa shape index (κ2) is 6.63. The summed E-state index contributed by atoms with van der Waals surface area (Å²) in [5, 5.41) is 0. The van der Waals surface area contributed by atoms with E-state index in [1.807, 2.05) is 17.3 Å². The zero-order chi connectivity index (χ0) is 17.5. The summed E-state index contributed by atoms with van der Waals surface area (Å²) < 4.78 is 7.77. The molecule has 138 valence electrons. The normalized spacial score (nSPS) is 24.9. The molecule has 1 saturated carbocycles. The second-order valence-corrected chi connectivity index (χ2v) is 7.67. The van der Waals surface area contributed by atoms with Crippen molar-refractivity contribution in [1.29, 1.82) is 0 Å². The van der Waals surface area contributed by atoms with Crippen LogP contribution in [0.4, 0.5) is 0 Å². The zero-order valence-corrected chi connectivity index (χ0v) is 15.0. The second-order valence-electron chi connectivity index (χ2n) is 7.67. The summed E-state index contributed by atoms with van der Waals surface area (Å²) in [6.45, 7) is 4.91. The number of nitrogens with zero attached hydrogens (tertiary/aromatic N) is 5. The first kappa shape index (κ1) is 16.2. The molecule has 2 aliphatic heterocycles. The maximum atomic E-state index is 13.0. The molecule has 26 heavy (non-hydrogen) atoms. The minimum Gasteiger partial charge on any atom is -0.378 e. The van der Waals surface area contributed by atoms with Gasteiger partial charge in [0, 0.05) is 38.4 Å². The van der Waals surface area contributed by atoms with Crippen molar-refractivity contribution in [3.05, 3.63) is 24.2 Å². The van der Waals surface area contributed by atoms with Crippen molar-refractivity contribution in [2.75, 3.05) is 39.4 Å². The van der Waals surface area contributed by atoms with E-state index in [0.29, 0.717) is 24.3 Å². The van der Waals surface area contributed by atoms with Gasteiger partial charge in [0.25, 0.3) is 5.91 Å². The van der Waals surface area contributed by atoms with Gasteiger partial charge in [-0.1, -0.05) is 12.8 Å². The Hall–Kier alpha value is -1.99. The van der Waals surface area contributed by atoms with Gasteiger partial charge in [-0.3, -0.25) is 9.69 Å². The van der Waals surface area contributed by atoms with E-state index in [0.717, 1.165) is 43.9 Å². The number of hydrogen-bond donors (Lipinski definition) is 0. The van der Waals surface area contributed by atoms with Crippen LogP contribution in [0.15, 0.2) is 18.6 Å². The molecule has 2 aromatic heterocycles. The number of piperazine rings is 1. The van der Waals surface area contributed by atoms with Crippen molar-refractivity contribution in [1.82, 2.24) is 24.3 Å². The van der Waals surface area contributed by atoms with Gasteiger partial charge in [0.1, 0.15) is 5.52 Å². The van der Waals surface area contributed by atoms with E-state index in [1.54, 1.807) is 6.20 Å². The Morgan fingerprint density at radius 2 is 2.00 bits per heavy atom. The maximum Gasteiger partial charge on any atom is 0.255 e. The molecular formula is C19H25N5O2. The number of pyridine rings is 1. The molecule has 7 nitrogen and oxygen atoms in total. The lowest BCUT2D eigenvalue weighted by Gasteiger charge is -2.43. The fraction of sp³-hybridized carbons (Fsp3) is 0.632. The third-order valence-corrected chi connectivity index (χ3v) is 6.10. The number of carbonyl (C=O) groups is 1. The monoisotopic (exact) mass is 355 g/mol. The van der Waals surface area contributed by atoms with Gasteiger partial charge >= 0.3 is 0 Å². The van der Waals surface area contributed by atoms with Crippen LogP contribution in [0, 0.1) is 0 Å². The number of amides is 1. The van der Waals surface area contributed by atoms with Crippen LogP contribution in [0.1, 0.15) is 42.1 Å². The molecule has 2 saturated heterocycles. The number of fused-ring (bicyclic) bond motifs is 2. The van der Waals surface area contributed by atoms with E-state index in [1.165, 1.54) is 25.7 Å². The predicted molar refractivity (Wildman–Crippen MR) is 97.1 cm³/mol. The summed E-state index contributed by atoms with van der Waals surface area (Å²) in [6.07, 6.45) is 8.56. The summed E-state index contributed by atoms with van der Waals surface area (Å²) in [6, 6.07) is 2.73. The van der Waals surface area contributed by atoms with Crippen LogP contribution in [-0.4, -0.2) is 75.7 Å². The highest BCUT2D eigenvalue weighted by atomic mass is 16.5. The molecule has 0 N–H and O–H groups in total. The largest absolute Gasteiger partial charge is 0.378 e. The Bertz CT molecular complexity index is 813. The number of aromatic nitrogens is 3. The number of rotatable bonds is 2. The maximum absolute atomic E-state index is 13.0. The third kappa shape index (κ3) is 2.79. The number of imidazole rings is 1. The Morgan fingerprint density at radius 3 is 2.88 bits per heavy atom. The van der Waals surface area contributed by atoms with Crippen molar-refractivity contribution in [3.63, 3.8) is 0 Å². The summed E-state index contributed by atoms with van der Waals surface area (Å²) in [5.41, 5.74) is 2.36. The Balaban J connectivity index is 1.36. The molecule has 0 aromatic carbocycles. The van der Waals surface area contributed by atoms with Crippen molar-refractivity contribution in [2.24, 2.45) is 0 Å². The standard InChI is InChI=1S/C19H25N5O2/c25-19(23-6-5-22-7-8-26-12-16(22)11-23)14-9-17-18(20-10-14)24(13-21-17)15-3-1-2-4-15/h9-10,13,15-16H,1-8,11-12H2. The topological polar surface area (TPSA) is 63.5 Å². The lowest BCUT2D eigenvalue weighted by atomic mass is 10.1. The zero-order valence-electron chi connectivity index (χ0n) is 15.0. The number of hydrogen-bond acceptors (Lipinski definition) is 5.